The first-order valence-corrected chi connectivity index (χ1v) is 6.19. The van der Waals surface area contributed by atoms with Crippen molar-refractivity contribution in [3.63, 3.8) is 0 Å². The summed E-state index contributed by atoms with van der Waals surface area (Å²) in [6.07, 6.45) is 0.644. The lowest BCUT2D eigenvalue weighted by molar-refractivity contribution is 0.00773. The monoisotopic (exact) mass is 253 g/mol. The zero-order chi connectivity index (χ0) is 13.6. The van der Waals surface area contributed by atoms with Crippen LogP contribution in [-0.4, -0.2) is 31.5 Å². The van der Waals surface area contributed by atoms with Gasteiger partial charge in [-0.3, -0.25) is 0 Å². The molecule has 4 nitrogen and oxygen atoms in total. The highest BCUT2D eigenvalue weighted by Crippen LogP contribution is 2.29. The molecule has 0 fully saturated rings. The van der Waals surface area contributed by atoms with E-state index in [0.29, 0.717) is 17.9 Å². The summed E-state index contributed by atoms with van der Waals surface area (Å²) in [7, 11) is 3.50. The van der Waals surface area contributed by atoms with Crippen molar-refractivity contribution in [2.45, 2.75) is 32.4 Å². The van der Waals surface area contributed by atoms with Gasteiger partial charge in [0.05, 0.1) is 12.7 Å². The first kappa shape index (κ1) is 14.8. The normalized spacial score (nSPS) is 14.1. The van der Waals surface area contributed by atoms with Crippen molar-refractivity contribution < 1.29 is 14.6 Å². The van der Waals surface area contributed by atoms with Crippen molar-refractivity contribution in [2.24, 2.45) is 0 Å². The van der Waals surface area contributed by atoms with Crippen LogP contribution in [0.1, 0.15) is 25.8 Å². The van der Waals surface area contributed by atoms with Crippen LogP contribution in [0.25, 0.3) is 0 Å². The first-order valence-electron chi connectivity index (χ1n) is 6.19. The lowest BCUT2D eigenvalue weighted by Crippen LogP contribution is -2.31. The van der Waals surface area contributed by atoms with Gasteiger partial charge >= 0.3 is 0 Å². The Morgan fingerprint density at radius 3 is 2.61 bits per heavy atom. The molecule has 0 aliphatic rings. The SMILES string of the molecule is CCC(C)(O)COc1cc(CNC)ccc1OC. The van der Waals surface area contributed by atoms with Crippen LogP contribution in [0.5, 0.6) is 11.5 Å². The van der Waals surface area contributed by atoms with Crippen LogP contribution in [0.4, 0.5) is 0 Å². The Balaban J connectivity index is 2.81. The molecule has 0 saturated heterocycles. The number of benzene rings is 1. The molecule has 18 heavy (non-hydrogen) atoms. The van der Waals surface area contributed by atoms with E-state index in [0.717, 1.165) is 12.1 Å². The van der Waals surface area contributed by atoms with Crippen LogP contribution < -0.4 is 14.8 Å². The highest BCUT2D eigenvalue weighted by Gasteiger charge is 2.19. The largest absolute Gasteiger partial charge is 0.493 e. The topological polar surface area (TPSA) is 50.7 Å². The van der Waals surface area contributed by atoms with Gasteiger partial charge in [0.1, 0.15) is 6.61 Å². The third kappa shape index (κ3) is 4.20. The van der Waals surface area contributed by atoms with Crippen LogP contribution in [0, 0.1) is 0 Å². The van der Waals surface area contributed by atoms with Crippen LogP contribution in [0.15, 0.2) is 18.2 Å². The fourth-order valence-corrected chi connectivity index (χ4v) is 1.48. The van der Waals surface area contributed by atoms with Gasteiger partial charge in [0.25, 0.3) is 0 Å². The molecule has 1 aromatic rings. The van der Waals surface area contributed by atoms with Crippen LogP contribution in [0.2, 0.25) is 0 Å². The summed E-state index contributed by atoms with van der Waals surface area (Å²) < 4.78 is 10.9. The summed E-state index contributed by atoms with van der Waals surface area (Å²) in [5.41, 5.74) is 0.300. The number of hydrogen-bond donors (Lipinski definition) is 2. The molecule has 1 unspecified atom stereocenters. The predicted molar refractivity (Wildman–Crippen MR) is 72.2 cm³/mol. The average molecular weight is 253 g/mol. The molecule has 1 rings (SSSR count). The molecular weight excluding hydrogens is 230 g/mol. The third-order valence-electron chi connectivity index (χ3n) is 2.91. The molecule has 0 bridgehead atoms. The second kappa shape index (κ2) is 6.61. The van der Waals surface area contributed by atoms with Crippen LogP contribution >= 0.6 is 0 Å². The fraction of sp³-hybridized carbons (Fsp3) is 0.571. The molecule has 1 atom stereocenters. The second-order valence-corrected chi connectivity index (χ2v) is 4.65. The zero-order valence-electron chi connectivity index (χ0n) is 11.6. The Morgan fingerprint density at radius 1 is 1.33 bits per heavy atom. The third-order valence-corrected chi connectivity index (χ3v) is 2.91. The minimum absolute atomic E-state index is 0.253. The molecule has 0 aliphatic heterocycles. The van der Waals surface area contributed by atoms with E-state index in [9.17, 15) is 5.11 Å². The van der Waals surface area contributed by atoms with E-state index in [-0.39, 0.29) is 6.61 Å². The van der Waals surface area contributed by atoms with E-state index < -0.39 is 5.60 Å². The highest BCUT2D eigenvalue weighted by atomic mass is 16.5. The molecule has 4 heteroatoms. The fourth-order valence-electron chi connectivity index (χ4n) is 1.48. The number of rotatable bonds is 7. The van der Waals surface area contributed by atoms with Crippen molar-refractivity contribution >= 4 is 0 Å². The lowest BCUT2D eigenvalue weighted by Gasteiger charge is -2.22. The number of ether oxygens (including phenoxy) is 2. The quantitative estimate of drug-likeness (QED) is 0.780. The molecule has 0 spiro atoms. The molecule has 1 aromatic carbocycles. The maximum Gasteiger partial charge on any atom is 0.161 e. The minimum atomic E-state index is -0.815. The van der Waals surface area contributed by atoms with Gasteiger partial charge < -0.3 is 19.9 Å². The average Bonchev–Trinajstić information content (AvgIpc) is 2.37. The smallest absolute Gasteiger partial charge is 0.161 e. The Hall–Kier alpha value is -1.26. The van der Waals surface area contributed by atoms with E-state index in [4.69, 9.17) is 9.47 Å². The molecule has 0 heterocycles. The molecule has 0 amide bonds. The standard InChI is InChI=1S/C14H23NO3/c1-5-14(2,16)10-18-13-8-11(9-15-3)6-7-12(13)17-4/h6-8,15-16H,5,9-10H2,1-4H3. The lowest BCUT2D eigenvalue weighted by atomic mass is 10.1. The van der Waals surface area contributed by atoms with Gasteiger partial charge in [-0.05, 0) is 38.1 Å². The molecular formula is C14H23NO3. The maximum atomic E-state index is 9.94. The summed E-state index contributed by atoms with van der Waals surface area (Å²) in [5, 5.41) is 13.0. The van der Waals surface area contributed by atoms with E-state index >= 15 is 0 Å². The van der Waals surface area contributed by atoms with Gasteiger partial charge in [0, 0.05) is 6.54 Å². The Labute approximate surface area is 109 Å². The van der Waals surface area contributed by atoms with Crippen LogP contribution in [-0.2, 0) is 6.54 Å². The number of nitrogens with one attached hydrogen (secondary N) is 1. The maximum absolute atomic E-state index is 9.94. The summed E-state index contributed by atoms with van der Waals surface area (Å²) >= 11 is 0. The number of aliphatic hydroxyl groups is 1. The summed E-state index contributed by atoms with van der Waals surface area (Å²) in [5.74, 6) is 1.35. The Morgan fingerprint density at radius 2 is 2.06 bits per heavy atom. The minimum Gasteiger partial charge on any atom is -0.493 e. The summed E-state index contributed by atoms with van der Waals surface area (Å²) in [4.78, 5) is 0. The van der Waals surface area contributed by atoms with Gasteiger partial charge in [0.2, 0.25) is 0 Å². The van der Waals surface area contributed by atoms with E-state index in [2.05, 4.69) is 5.32 Å². The van der Waals surface area contributed by atoms with Crippen molar-refractivity contribution in [2.75, 3.05) is 20.8 Å². The molecule has 102 valence electrons. The van der Waals surface area contributed by atoms with Crippen LogP contribution in [0.3, 0.4) is 0 Å². The van der Waals surface area contributed by atoms with Crippen molar-refractivity contribution in [1.82, 2.24) is 5.32 Å². The predicted octanol–water partition coefficient (Wildman–Crippen LogP) is 1.95. The van der Waals surface area contributed by atoms with Crippen molar-refractivity contribution in [3.8, 4) is 11.5 Å². The molecule has 0 aliphatic carbocycles. The van der Waals surface area contributed by atoms with Crippen molar-refractivity contribution in [3.05, 3.63) is 23.8 Å². The Bertz CT molecular complexity index is 377. The van der Waals surface area contributed by atoms with E-state index in [1.165, 1.54) is 0 Å². The van der Waals surface area contributed by atoms with Gasteiger partial charge in [-0.2, -0.15) is 0 Å². The van der Waals surface area contributed by atoms with E-state index in [1.54, 1.807) is 14.0 Å². The second-order valence-electron chi connectivity index (χ2n) is 4.65. The summed E-state index contributed by atoms with van der Waals surface area (Å²) in [6.45, 7) is 4.71. The highest BCUT2D eigenvalue weighted by molar-refractivity contribution is 5.43. The Kier molecular flexibility index (Phi) is 5.44. The van der Waals surface area contributed by atoms with E-state index in [1.807, 2.05) is 32.2 Å². The van der Waals surface area contributed by atoms with Gasteiger partial charge in [-0.1, -0.05) is 13.0 Å². The molecule has 0 aromatic heterocycles. The van der Waals surface area contributed by atoms with Crippen molar-refractivity contribution in [1.29, 1.82) is 0 Å². The van der Waals surface area contributed by atoms with Gasteiger partial charge in [-0.25, -0.2) is 0 Å². The molecule has 2 N–H and O–H groups in total. The van der Waals surface area contributed by atoms with Gasteiger partial charge in [0.15, 0.2) is 11.5 Å². The number of methoxy groups -OCH3 is 1. The molecule has 0 radical (unpaired) electrons. The molecule has 0 saturated carbocycles. The first-order chi connectivity index (χ1) is 8.52. The summed E-state index contributed by atoms with van der Waals surface area (Å²) in [6, 6.07) is 5.80. The zero-order valence-corrected chi connectivity index (χ0v) is 11.6. The van der Waals surface area contributed by atoms with Gasteiger partial charge in [-0.15, -0.1) is 0 Å². The number of hydrogen-bond acceptors (Lipinski definition) is 4.